The predicted molar refractivity (Wildman–Crippen MR) is 92.8 cm³/mol. The third-order valence-electron chi connectivity index (χ3n) is 3.03. The first-order valence-corrected chi connectivity index (χ1v) is 8.98. The summed E-state index contributed by atoms with van der Waals surface area (Å²) in [6.45, 7) is 5.50. The summed E-state index contributed by atoms with van der Waals surface area (Å²) >= 11 is 0. The van der Waals surface area contributed by atoms with Gasteiger partial charge in [-0.3, -0.25) is 0 Å². The fourth-order valence-electron chi connectivity index (χ4n) is 2.09. The number of sulfonamides is 1. The van der Waals surface area contributed by atoms with Gasteiger partial charge in [0.2, 0.25) is 10.0 Å². The maximum atomic E-state index is 12.6. The number of aromatic nitrogens is 2. The minimum absolute atomic E-state index is 0.164. The third kappa shape index (κ3) is 5.23. The molecule has 3 N–H and O–H groups in total. The molecule has 0 amide bonds. The molecule has 1 aromatic heterocycles. The standard InChI is InChI=1S/C16H20N4O4S/c1-16(2,3)20-25(23,24)13-7-5-4-6-11(13)8-18-14-10-17-12(9-19-14)15(21)22/h4-7,9-10,20H,8H2,1-3H3,(H,18,19)(H,21,22). The van der Waals surface area contributed by atoms with E-state index in [9.17, 15) is 13.2 Å². The van der Waals surface area contributed by atoms with Gasteiger partial charge >= 0.3 is 5.97 Å². The van der Waals surface area contributed by atoms with E-state index < -0.39 is 21.5 Å². The molecule has 2 aromatic rings. The van der Waals surface area contributed by atoms with E-state index in [1.165, 1.54) is 12.3 Å². The first-order valence-electron chi connectivity index (χ1n) is 7.49. The molecule has 1 aromatic carbocycles. The van der Waals surface area contributed by atoms with Crippen LogP contribution < -0.4 is 10.0 Å². The van der Waals surface area contributed by atoms with E-state index in [0.717, 1.165) is 6.20 Å². The van der Waals surface area contributed by atoms with E-state index in [1.807, 2.05) is 0 Å². The number of carboxylic acid groups (broad SMARTS) is 1. The number of hydrogen-bond donors (Lipinski definition) is 3. The monoisotopic (exact) mass is 364 g/mol. The van der Waals surface area contributed by atoms with Crippen LogP contribution >= 0.6 is 0 Å². The van der Waals surface area contributed by atoms with Crippen LogP contribution in [0.4, 0.5) is 5.82 Å². The second-order valence-corrected chi connectivity index (χ2v) is 8.06. The lowest BCUT2D eigenvalue weighted by molar-refractivity contribution is 0.0690. The fraction of sp³-hybridized carbons (Fsp3) is 0.312. The Kier molecular flexibility index (Phi) is 5.39. The Morgan fingerprint density at radius 3 is 2.40 bits per heavy atom. The summed E-state index contributed by atoms with van der Waals surface area (Å²) in [5.74, 6) is -0.815. The average Bonchev–Trinajstić information content (AvgIpc) is 2.51. The molecular weight excluding hydrogens is 344 g/mol. The molecule has 0 aliphatic heterocycles. The van der Waals surface area contributed by atoms with E-state index in [4.69, 9.17) is 5.11 Å². The number of carboxylic acids is 1. The molecular formula is C16H20N4O4S. The highest BCUT2D eigenvalue weighted by atomic mass is 32.2. The molecule has 1 heterocycles. The van der Waals surface area contributed by atoms with Crippen LogP contribution in [0, 0.1) is 0 Å². The van der Waals surface area contributed by atoms with Crippen molar-refractivity contribution < 1.29 is 18.3 Å². The van der Waals surface area contributed by atoms with Crippen LogP contribution in [-0.2, 0) is 16.6 Å². The van der Waals surface area contributed by atoms with Crippen molar-refractivity contribution in [3.8, 4) is 0 Å². The van der Waals surface area contributed by atoms with Crippen LogP contribution in [-0.4, -0.2) is 35.0 Å². The zero-order valence-electron chi connectivity index (χ0n) is 14.1. The van der Waals surface area contributed by atoms with Crippen molar-refractivity contribution in [1.82, 2.24) is 14.7 Å². The molecule has 0 saturated carbocycles. The first-order chi connectivity index (χ1) is 11.6. The SMILES string of the molecule is CC(C)(C)NS(=O)(=O)c1ccccc1CNc1cnc(C(=O)O)cn1. The summed E-state index contributed by atoms with van der Waals surface area (Å²) < 4.78 is 27.8. The number of rotatable bonds is 6. The highest BCUT2D eigenvalue weighted by Crippen LogP contribution is 2.18. The maximum absolute atomic E-state index is 12.6. The summed E-state index contributed by atoms with van der Waals surface area (Å²) in [5.41, 5.74) is -0.205. The molecule has 0 spiro atoms. The molecule has 0 radical (unpaired) electrons. The molecule has 0 aliphatic rings. The quantitative estimate of drug-likeness (QED) is 0.715. The summed E-state index contributed by atoms with van der Waals surface area (Å²) in [7, 11) is -3.67. The summed E-state index contributed by atoms with van der Waals surface area (Å²) in [4.78, 5) is 18.6. The Morgan fingerprint density at radius 2 is 1.84 bits per heavy atom. The molecule has 8 nitrogen and oxygen atoms in total. The zero-order valence-corrected chi connectivity index (χ0v) is 15.0. The largest absolute Gasteiger partial charge is 0.476 e. The van der Waals surface area contributed by atoms with Gasteiger partial charge in [-0.15, -0.1) is 0 Å². The van der Waals surface area contributed by atoms with Gasteiger partial charge in [0.05, 0.1) is 17.3 Å². The van der Waals surface area contributed by atoms with E-state index in [0.29, 0.717) is 11.4 Å². The molecule has 0 saturated heterocycles. The summed E-state index contributed by atoms with van der Waals surface area (Å²) in [5, 5.41) is 11.7. The number of aromatic carboxylic acids is 1. The van der Waals surface area contributed by atoms with Gasteiger partial charge in [-0.1, -0.05) is 18.2 Å². The summed E-state index contributed by atoms with van der Waals surface area (Å²) in [6.07, 6.45) is 2.42. The van der Waals surface area contributed by atoms with Gasteiger partial charge in [-0.05, 0) is 32.4 Å². The van der Waals surface area contributed by atoms with Gasteiger partial charge < -0.3 is 10.4 Å². The Hall–Kier alpha value is -2.52. The van der Waals surface area contributed by atoms with Crippen molar-refractivity contribution in [3.05, 3.63) is 47.9 Å². The van der Waals surface area contributed by atoms with E-state index in [2.05, 4.69) is 20.0 Å². The van der Waals surface area contributed by atoms with Crippen molar-refractivity contribution >= 4 is 21.8 Å². The molecule has 0 fully saturated rings. The maximum Gasteiger partial charge on any atom is 0.356 e. The Labute approximate surface area is 146 Å². The van der Waals surface area contributed by atoms with Crippen molar-refractivity contribution in [3.63, 3.8) is 0 Å². The van der Waals surface area contributed by atoms with Gasteiger partial charge in [0.15, 0.2) is 5.69 Å². The Morgan fingerprint density at radius 1 is 1.16 bits per heavy atom. The van der Waals surface area contributed by atoms with Gasteiger partial charge in [0.25, 0.3) is 0 Å². The average molecular weight is 364 g/mol. The molecule has 134 valence electrons. The number of benzene rings is 1. The minimum atomic E-state index is -3.67. The molecule has 0 bridgehead atoms. The Balaban J connectivity index is 2.19. The van der Waals surface area contributed by atoms with E-state index in [1.54, 1.807) is 39.0 Å². The van der Waals surface area contributed by atoms with Crippen LogP contribution in [0.5, 0.6) is 0 Å². The fourth-order valence-corrected chi connectivity index (χ4v) is 3.74. The molecule has 0 aliphatic carbocycles. The van der Waals surface area contributed by atoms with Gasteiger partial charge in [0, 0.05) is 12.1 Å². The van der Waals surface area contributed by atoms with E-state index >= 15 is 0 Å². The van der Waals surface area contributed by atoms with Crippen LogP contribution in [0.15, 0.2) is 41.6 Å². The highest BCUT2D eigenvalue weighted by Gasteiger charge is 2.24. The predicted octanol–water partition coefficient (Wildman–Crippen LogP) is 1.86. The molecule has 2 rings (SSSR count). The van der Waals surface area contributed by atoms with Crippen LogP contribution in [0.25, 0.3) is 0 Å². The molecule has 9 heteroatoms. The lowest BCUT2D eigenvalue weighted by Crippen LogP contribution is -2.40. The third-order valence-corrected chi connectivity index (χ3v) is 4.89. The van der Waals surface area contributed by atoms with Crippen LogP contribution in [0.2, 0.25) is 0 Å². The number of carbonyl (C=O) groups is 1. The van der Waals surface area contributed by atoms with Crippen molar-refractivity contribution in [1.29, 1.82) is 0 Å². The molecule has 25 heavy (non-hydrogen) atoms. The van der Waals surface area contributed by atoms with Crippen molar-refractivity contribution in [2.24, 2.45) is 0 Å². The lowest BCUT2D eigenvalue weighted by atomic mass is 10.1. The van der Waals surface area contributed by atoms with Crippen molar-refractivity contribution in [2.75, 3.05) is 5.32 Å². The zero-order chi connectivity index (χ0) is 18.7. The topological polar surface area (TPSA) is 121 Å². The second kappa shape index (κ2) is 7.16. The minimum Gasteiger partial charge on any atom is -0.476 e. The highest BCUT2D eigenvalue weighted by molar-refractivity contribution is 7.89. The normalized spacial score (nSPS) is 12.0. The number of hydrogen-bond acceptors (Lipinski definition) is 6. The smallest absolute Gasteiger partial charge is 0.356 e. The molecule has 0 atom stereocenters. The first kappa shape index (κ1) is 18.8. The van der Waals surface area contributed by atoms with Crippen LogP contribution in [0.3, 0.4) is 0 Å². The number of anilines is 1. The van der Waals surface area contributed by atoms with Gasteiger partial charge in [-0.2, -0.15) is 0 Å². The number of nitrogens with zero attached hydrogens (tertiary/aromatic N) is 2. The second-order valence-electron chi connectivity index (χ2n) is 6.41. The molecule has 0 unspecified atom stereocenters. The summed E-state index contributed by atoms with van der Waals surface area (Å²) in [6, 6.07) is 6.63. The van der Waals surface area contributed by atoms with Gasteiger partial charge in [0.1, 0.15) is 5.82 Å². The number of nitrogens with one attached hydrogen (secondary N) is 2. The van der Waals surface area contributed by atoms with Gasteiger partial charge in [-0.25, -0.2) is 27.9 Å². The van der Waals surface area contributed by atoms with Crippen LogP contribution in [0.1, 0.15) is 36.8 Å². The Bertz CT molecular complexity index is 858. The van der Waals surface area contributed by atoms with Crippen molar-refractivity contribution in [2.45, 2.75) is 37.8 Å². The lowest BCUT2D eigenvalue weighted by Gasteiger charge is -2.21. The van der Waals surface area contributed by atoms with E-state index in [-0.39, 0.29) is 17.1 Å².